The Labute approximate surface area is 249 Å². The van der Waals surface area contributed by atoms with Crippen LogP contribution in [0.4, 0.5) is 10.5 Å². The van der Waals surface area contributed by atoms with Gasteiger partial charge in [0.15, 0.2) is 5.65 Å². The van der Waals surface area contributed by atoms with Gasteiger partial charge in [-0.15, -0.1) is 0 Å². The summed E-state index contributed by atoms with van der Waals surface area (Å²) in [5.74, 6) is -0.394. The van der Waals surface area contributed by atoms with Crippen molar-refractivity contribution in [3.05, 3.63) is 78.9 Å². The number of amides is 1. The first kappa shape index (κ1) is 28.1. The molecule has 1 aliphatic rings. The summed E-state index contributed by atoms with van der Waals surface area (Å²) in [6.07, 6.45) is 7.04. The van der Waals surface area contributed by atoms with Crippen LogP contribution in [-0.4, -0.2) is 74.9 Å². The first-order valence-corrected chi connectivity index (χ1v) is 14.4. The number of carbonyl (C=O) groups is 2. The highest BCUT2D eigenvalue weighted by Crippen LogP contribution is 2.32. The molecule has 0 aliphatic carbocycles. The monoisotopic (exact) mass is 578 g/mol. The predicted molar refractivity (Wildman–Crippen MR) is 165 cm³/mol. The van der Waals surface area contributed by atoms with Crippen molar-refractivity contribution in [2.45, 2.75) is 33.3 Å². The Kier molecular flexibility index (Phi) is 7.43. The van der Waals surface area contributed by atoms with Crippen LogP contribution in [0.25, 0.3) is 38.8 Å². The lowest BCUT2D eigenvalue weighted by molar-refractivity contribution is 0.0240. The van der Waals surface area contributed by atoms with E-state index < -0.39 is 11.6 Å². The van der Waals surface area contributed by atoms with Crippen LogP contribution in [0.1, 0.15) is 38.1 Å². The van der Waals surface area contributed by atoms with Gasteiger partial charge in [-0.3, -0.25) is 4.98 Å². The van der Waals surface area contributed by atoms with Gasteiger partial charge < -0.3 is 19.3 Å². The number of anilines is 1. The van der Waals surface area contributed by atoms with Crippen molar-refractivity contribution in [1.82, 2.24) is 24.5 Å². The van der Waals surface area contributed by atoms with Gasteiger partial charge >= 0.3 is 12.1 Å². The molecule has 0 unspecified atom stereocenters. The number of fused-ring (bicyclic) bond motifs is 2. The molecule has 1 amide bonds. The van der Waals surface area contributed by atoms with Gasteiger partial charge in [0.1, 0.15) is 5.60 Å². The zero-order valence-electron chi connectivity index (χ0n) is 24.8. The SMILES string of the molecule is CCOC(=O)c1cccc2c(-c3cnn4cc(-c5ccc(N6CCN(C(=O)OC(C)(C)C)CC6)cc5)cnc34)ccnc12. The van der Waals surface area contributed by atoms with Gasteiger partial charge in [0.05, 0.1) is 23.9 Å². The normalized spacial score (nSPS) is 13.9. The van der Waals surface area contributed by atoms with E-state index in [1.54, 1.807) is 34.8 Å². The summed E-state index contributed by atoms with van der Waals surface area (Å²) >= 11 is 0. The standard InChI is InChI=1S/C33H34N6O4/c1-5-42-31(40)27-8-6-7-26-25(13-14-34-29(26)27)28-20-36-39-21-23(19-35-30(28)39)22-9-11-24(12-10-22)37-15-17-38(18-16-37)32(41)43-33(2,3)4/h6-14,19-21H,5,15-18H2,1-4H3. The Hall–Kier alpha value is -4.99. The van der Waals surface area contributed by atoms with E-state index in [9.17, 15) is 9.59 Å². The Morgan fingerprint density at radius 1 is 0.884 bits per heavy atom. The Morgan fingerprint density at radius 3 is 2.37 bits per heavy atom. The molecule has 0 atom stereocenters. The van der Waals surface area contributed by atoms with E-state index >= 15 is 0 Å². The summed E-state index contributed by atoms with van der Waals surface area (Å²) in [6, 6.07) is 15.8. The minimum atomic E-state index is -0.498. The van der Waals surface area contributed by atoms with Gasteiger partial charge in [-0.2, -0.15) is 5.10 Å². The quantitative estimate of drug-likeness (QED) is 0.240. The van der Waals surface area contributed by atoms with Crippen LogP contribution < -0.4 is 4.90 Å². The predicted octanol–water partition coefficient (Wildman–Crippen LogP) is 5.85. The van der Waals surface area contributed by atoms with E-state index in [1.165, 1.54) is 0 Å². The second-order valence-corrected chi connectivity index (χ2v) is 11.5. The number of rotatable bonds is 5. The van der Waals surface area contributed by atoms with Crippen molar-refractivity contribution in [3.8, 4) is 22.3 Å². The van der Waals surface area contributed by atoms with Gasteiger partial charge in [-0.1, -0.05) is 24.3 Å². The van der Waals surface area contributed by atoms with E-state index in [4.69, 9.17) is 14.5 Å². The smallest absolute Gasteiger partial charge is 0.410 e. The fraction of sp³-hybridized carbons (Fsp3) is 0.303. The van der Waals surface area contributed by atoms with Crippen LogP contribution in [0.15, 0.2) is 73.3 Å². The minimum absolute atomic E-state index is 0.259. The number of carbonyl (C=O) groups excluding carboxylic acids is 2. The zero-order chi connectivity index (χ0) is 30.1. The average Bonchev–Trinajstić information content (AvgIpc) is 3.43. The minimum Gasteiger partial charge on any atom is -0.462 e. The first-order valence-electron chi connectivity index (χ1n) is 14.4. The number of para-hydroxylation sites is 1. The molecular formula is C33H34N6O4. The van der Waals surface area contributed by atoms with Gasteiger partial charge in [-0.05, 0) is 63.1 Å². The molecule has 10 nitrogen and oxygen atoms in total. The highest BCUT2D eigenvalue weighted by atomic mass is 16.6. The summed E-state index contributed by atoms with van der Waals surface area (Å²) in [5.41, 5.74) is 6.03. The Bertz CT molecular complexity index is 1800. The van der Waals surface area contributed by atoms with Crippen LogP contribution >= 0.6 is 0 Å². The number of benzene rings is 2. The third kappa shape index (κ3) is 5.73. The molecule has 3 aromatic heterocycles. The van der Waals surface area contributed by atoms with E-state index in [-0.39, 0.29) is 6.09 Å². The second-order valence-electron chi connectivity index (χ2n) is 11.5. The first-order chi connectivity index (χ1) is 20.7. The molecule has 220 valence electrons. The molecule has 0 N–H and O–H groups in total. The maximum Gasteiger partial charge on any atom is 0.410 e. The lowest BCUT2D eigenvalue weighted by Gasteiger charge is -2.36. The molecule has 0 saturated carbocycles. The average molecular weight is 579 g/mol. The number of ether oxygens (including phenoxy) is 2. The molecular weight excluding hydrogens is 544 g/mol. The fourth-order valence-electron chi connectivity index (χ4n) is 5.34. The fourth-order valence-corrected chi connectivity index (χ4v) is 5.34. The molecule has 43 heavy (non-hydrogen) atoms. The molecule has 1 saturated heterocycles. The van der Waals surface area contributed by atoms with Crippen molar-refractivity contribution in [2.75, 3.05) is 37.7 Å². The molecule has 2 aromatic carbocycles. The number of aromatic nitrogens is 4. The van der Waals surface area contributed by atoms with Crippen molar-refractivity contribution < 1.29 is 19.1 Å². The summed E-state index contributed by atoms with van der Waals surface area (Å²) in [7, 11) is 0. The second kappa shape index (κ2) is 11.4. The molecule has 1 fully saturated rings. The number of piperazine rings is 1. The molecule has 0 spiro atoms. The maximum atomic E-state index is 12.5. The van der Waals surface area contributed by atoms with Crippen LogP contribution in [0, 0.1) is 0 Å². The van der Waals surface area contributed by atoms with Crippen LogP contribution in [0.5, 0.6) is 0 Å². The van der Waals surface area contributed by atoms with Crippen LogP contribution in [0.3, 0.4) is 0 Å². The van der Waals surface area contributed by atoms with E-state index in [1.807, 2.05) is 51.4 Å². The van der Waals surface area contributed by atoms with Gasteiger partial charge in [-0.25, -0.2) is 19.1 Å². The van der Waals surface area contributed by atoms with E-state index in [0.717, 1.165) is 46.4 Å². The molecule has 4 heterocycles. The third-order valence-electron chi connectivity index (χ3n) is 7.41. The van der Waals surface area contributed by atoms with Crippen LogP contribution in [0.2, 0.25) is 0 Å². The molecule has 0 bridgehead atoms. The number of pyridine rings is 1. The van der Waals surface area contributed by atoms with Crippen molar-refractivity contribution in [2.24, 2.45) is 0 Å². The van der Waals surface area contributed by atoms with Crippen molar-refractivity contribution in [3.63, 3.8) is 0 Å². The third-order valence-corrected chi connectivity index (χ3v) is 7.41. The highest BCUT2D eigenvalue weighted by Gasteiger charge is 2.26. The largest absolute Gasteiger partial charge is 0.462 e. The summed E-state index contributed by atoms with van der Waals surface area (Å²) in [4.78, 5) is 38.2. The summed E-state index contributed by atoms with van der Waals surface area (Å²) < 4.78 is 12.5. The lowest BCUT2D eigenvalue weighted by Crippen LogP contribution is -2.50. The number of hydrogen-bond acceptors (Lipinski definition) is 8. The number of esters is 1. The van der Waals surface area contributed by atoms with Crippen molar-refractivity contribution in [1.29, 1.82) is 0 Å². The topological polar surface area (TPSA) is 102 Å². The van der Waals surface area contributed by atoms with Crippen LogP contribution in [-0.2, 0) is 9.47 Å². The van der Waals surface area contributed by atoms with E-state index in [0.29, 0.717) is 36.4 Å². The summed E-state index contributed by atoms with van der Waals surface area (Å²) in [5, 5.41) is 5.43. The van der Waals surface area contributed by atoms with Gasteiger partial charge in [0, 0.05) is 67.0 Å². The molecule has 1 aliphatic heterocycles. The van der Waals surface area contributed by atoms with Gasteiger partial charge in [0.2, 0.25) is 0 Å². The molecule has 10 heteroatoms. The summed E-state index contributed by atoms with van der Waals surface area (Å²) in [6.45, 7) is 10.5. The molecule has 0 radical (unpaired) electrons. The van der Waals surface area contributed by atoms with Crippen molar-refractivity contribution >= 4 is 34.3 Å². The lowest BCUT2D eigenvalue weighted by atomic mass is 10.0. The molecule has 5 aromatic rings. The number of nitrogens with zero attached hydrogens (tertiary/aromatic N) is 6. The zero-order valence-corrected chi connectivity index (χ0v) is 24.8. The van der Waals surface area contributed by atoms with E-state index in [2.05, 4.69) is 39.2 Å². The van der Waals surface area contributed by atoms with Gasteiger partial charge in [0.25, 0.3) is 0 Å². The number of hydrogen-bond donors (Lipinski definition) is 0. The Morgan fingerprint density at radius 2 is 1.65 bits per heavy atom. The highest BCUT2D eigenvalue weighted by molar-refractivity contribution is 6.07. The Balaban J connectivity index is 1.20. The molecule has 6 rings (SSSR count). The maximum absolute atomic E-state index is 12.5.